The SMILES string of the molecule is CC(O)CCCNS(=O)(=O)CCCC(F)(F)F. The molecule has 0 aliphatic rings. The van der Waals surface area contributed by atoms with Gasteiger partial charge in [-0.25, -0.2) is 13.1 Å². The van der Waals surface area contributed by atoms with Crippen LogP contribution in [0.1, 0.15) is 32.6 Å². The van der Waals surface area contributed by atoms with E-state index in [0.29, 0.717) is 12.8 Å². The molecule has 104 valence electrons. The van der Waals surface area contributed by atoms with Gasteiger partial charge in [-0.2, -0.15) is 13.2 Å². The highest BCUT2D eigenvalue weighted by Gasteiger charge is 2.27. The summed E-state index contributed by atoms with van der Waals surface area (Å²) in [5, 5.41) is 8.91. The van der Waals surface area contributed by atoms with Crippen LogP contribution in [0.15, 0.2) is 0 Å². The molecule has 2 N–H and O–H groups in total. The molecule has 0 saturated carbocycles. The minimum Gasteiger partial charge on any atom is -0.393 e. The van der Waals surface area contributed by atoms with Gasteiger partial charge in [-0.1, -0.05) is 0 Å². The van der Waals surface area contributed by atoms with Crippen molar-refractivity contribution in [3.8, 4) is 0 Å². The van der Waals surface area contributed by atoms with Crippen LogP contribution >= 0.6 is 0 Å². The molecule has 0 aromatic heterocycles. The highest BCUT2D eigenvalue weighted by molar-refractivity contribution is 7.89. The number of nitrogens with one attached hydrogen (secondary N) is 1. The molecule has 0 heterocycles. The molecule has 0 spiro atoms. The van der Waals surface area contributed by atoms with E-state index in [2.05, 4.69) is 4.72 Å². The maximum atomic E-state index is 11.8. The fraction of sp³-hybridized carbons (Fsp3) is 1.00. The molecule has 17 heavy (non-hydrogen) atoms. The lowest BCUT2D eigenvalue weighted by atomic mass is 10.2. The largest absolute Gasteiger partial charge is 0.393 e. The Bertz CT molecular complexity index is 301. The van der Waals surface area contributed by atoms with Crippen LogP contribution < -0.4 is 4.72 Å². The first-order valence-electron chi connectivity index (χ1n) is 5.34. The van der Waals surface area contributed by atoms with Crippen molar-refractivity contribution >= 4 is 10.0 Å². The Morgan fingerprint density at radius 2 is 1.88 bits per heavy atom. The summed E-state index contributed by atoms with van der Waals surface area (Å²) in [6.45, 7) is 1.72. The number of hydrogen-bond acceptors (Lipinski definition) is 3. The second-order valence-corrected chi connectivity index (χ2v) is 5.85. The number of hydrogen-bond donors (Lipinski definition) is 2. The van der Waals surface area contributed by atoms with Crippen LogP contribution in [0, 0.1) is 0 Å². The zero-order valence-electron chi connectivity index (χ0n) is 9.63. The molecular formula is C9H18F3NO3S. The average molecular weight is 277 g/mol. The Morgan fingerprint density at radius 1 is 1.29 bits per heavy atom. The molecule has 0 rings (SSSR count). The first kappa shape index (κ1) is 16.7. The van der Waals surface area contributed by atoms with Gasteiger partial charge >= 0.3 is 6.18 Å². The van der Waals surface area contributed by atoms with Gasteiger partial charge in [0.15, 0.2) is 0 Å². The van der Waals surface area contributed by atoms with Gasteiger partial charge in [0.2, 0.25) is 10.0 Å². The number of halogens is 3. The topological polar surface area (TPSA) is 66.4 Å². The maximum absolute atomic E-state index is 11.8. The van der Waals surface area contributed by atoms with Crippen LogP contribution in [0.5, 0.6) is 0 Å². The van der Waals surface area contributed by atoms with Crippen molar-refractivity contribution in [3.05, 3.63) is 0 Å². The first-order valence-corrected chi connectivity index (χ1v) is 7.00. The number of sulfonamides is 1. The van der Waals surface area contributed by atoms with E-state index in [1.54, 1.807) is 6.92 Å². The monoisotopic (exact) mass is 277 g/mol. The van der Waals surface area contributed by atoms with Crippen molar-refractivity contribution in [2.24, 2.45) is 0 Å². The van der Waals surface area contributed by atoms with E-state index >= 15 is 0 Å². The normalized spacial score (nSPS) is 14.9. The minimum atomic E-state index is -4.32. The molecule has 8 heteroatoms. The Hall–Kier alpha value is -0.340. The van der Waals surface area contributed by atoms with Crippen LogP contribution in [0.3, 0.4) is 0 Å². The molecule has 1 unspecified atom stereocenters. The van der Waals surface area contributed by atoms with E-state index in [-0.39, 0.29) is 6.54 Å². The summed E-state index contributed by atoms with van der Waals surface area (Å²) in [4.78, 5) is 0. The van der Waals surface area contributed by atoms with Crippen LogP contribution in [-0.4, -0.2) is 38.1 Å². The second kappa shape index (κ2) is 7.17. The number of alkyl halides is 3. The van der Waals surface area contributed by atoms with Crippen LogP contribution in [0.4, 0.5) is 13.2 Å². The highest BCUT2D eigenvalue weighted by Crippen LogP contribution is 2.21. The Labute approximate surface area is 99.3 Å². The van der Waals surface area contributed by atoms with Gasteiger partial charge in [-0.15, -0.1) is 0 Å². The Balaban J connectivity index is 3.74. The van der Waals surface area contributed by atoms with Gasteiger partial charge in [0.05, 0.1) is 11.9 Å². The average Bonchev–Trinajstić information content (AvgIpc) is 2.09. The predicted octanol–water partition coefficient (Wildman–Crippen LogP) is 1.41. The Morgan fingerprint density at radius 3 is 2.35 bits per heavy atom. The molecule has 0 saturated heterocycles. The fourth-order valence-corrected chi connectivity index (χ4v) is 2.28. The lowest BCUT2D eigenvalue weighted by Gasteiger charge is -2.08. The van der Waals surface area contributed by atoms with E-state index < -0.39 is 40.9 Å². The summed E-state index contributed by atoms with van der Waals surface area (Å²) in [6, 6.07) is 0. The standard InChI is InChI=1S/C9H18F3NO3S/c1-8(14)4-2-6-13-17(15,16)7-3-5-9(10,11)12/h8,13-14H,2-7H2,1H3. The molecule has 0 bridgehead atoms. The van der Waals surface area contributed by atoms with Crippen molar-refractivity contribution in [2.75, 3.05) is 12.3 Å². The van der Waals surface area contributed by atoms with Gasteiger partial charge in [0, 0.05) is 13.0 Å². The van der Waals surface area contributed by atoms with Gasteiger partial charge in [0.25, 0.3) is 0 Å². The predicted molar refractivity (Wildman–Crippen MR) is 58.0 cm³/mol. The highest BCUT2D eigenvalue weighted by atomic mass is 32.2. The summed E-state index contributed by atoms with van der Waals surface area (Å²) in [5.41, 5.74) is 0. The molecule has 0 aliphatic carbocycles. The smallest absolute Gasteiger partial charge is 0.389 e. The molecule has 0 fully saturated rings. The number of rotatable bonds is 8. The molecule has 0 aromatic carbocycles. The van der Waals surface area contributed by atoms with Crippen LogP contribution in [0.2, 0.25) is 0 Å². The van der Waals surface area contributed by atoms with Crippen molar-refractivity contribution in [1.82, 2.24) is 4.72 Å². The number of aliphatic hydroxyl groups is 1. The molecule has 1 atom stereocenters. The van der Waals surface area contributed by atoms with Crippen LogP contribution in [0.25, 0.3) is 0 Å². The maximum Gasteiger partial charge on any atom is 0.389 e. The summed E-state index contributed by atoms with van der Waals surface area (Å²) in [5.74, 6) is -0.527. The first-order chi connectivity index (χ1) is 7.62. The fourth-order valence-electron chi connectivity index (χ4n) is 1.16. The van der Waals surface area contributed by atoms with Gasteiger partial charge < -0.3 is 5.11 Å². The zero-order chi connectivity index (χ0) is 13.5. The zero-order valence-corrected chi connectivity index (χ0v) is 10.4. The van der Waals surface area contributed by atoms with Gasteiger partial charge in [-0.3, -0.25) is 0 Å². The van der Waals surface area contributed by atoms with E-state index in [9.17, 15) is 21.6 Å². The van der Waals surface area contributed by atoms with Crippen molar-refractivity contribution in [3.63, 3.8) is 0 Å². The minimum absolute atomic E-state index is 0.138. The second-order valence-electron chi connectivity index (χ2n) is 3.92. The van der Waals surface area contributed by atoms with Crippen molar-refractivity contribution in [1.29, 1.82) is 0 Å². The molecule has 0 aromatic rings. The van der Waals surface area contributed by atoms with E-state index in [4.69, 9.17) is 5.11 Å². The summed E-state index contributed by atoms with van der Waals surface area (Å²) < 4.78 is 60.0. The molecule has 4 nitrogen and oxygen atoms in total. The van der Waals surface area contributed by atoms with Crippen LogP contribution in [-0.2, 0) is 10.0 Å². The summed E-state index contributed by atoms with van der Waals surface area (Å²) in [6.07, 6.45) is -5.45. The molecular weight excluding hydrogens is 259 g/mol. The van der Waals surface area contributed by atoms with Gasteiger partial charge in [0.1, 0.15) is 0 Å². The third kappa shape index (κ3) is 11.9. The van der Waals surface area contributed by atoms with E-state index in [1.165, 1.54) is 0 Å². The van der Waals surface area contributed by atoms with Gasteiger partial charge in [-0.05, 0) is 26.2 Å². The molecule has 0 amide bonds. The Kier molecular flexibility index (Phi) is 7.03. The van der Waals surface area contributed by atoms with E-state index in [0.717, 1.165) is 0 Å². The lowest BCUT2D eigenvalue weighted by Crippen LogP contribution is -2.28. The summed E-state index contributed by atoms with van der Waals surface area (Å²) >= 11 is 0. The lowest BCUT2D eigenvalue weighted by molar-refractivity contribution is -0.134. The van der Waals surface area contributed by atoms with Crippen molar-refractivity contribution < 1.29 is 26.7 Å². The van der Waals surface area contributed by atoms with E-state index in [1.807, 2.05) is 0 Å². The number of aliphatic hydroxyl groups excluding tert-OH is 1. The molecule has 0 aliphatic heterocycles. The van der Waals surface area contributed by atoms with Crippen molar-refractivity contribution in [2.45, 2.75) is 44.9 Å². The third-order valence-corrected chi connectivity index (χ3v) is 3.46. The third-order valence-electron chi connectivity index (χ3n) is 1.99. The molecule has 0 radical (unpaired) electrons. The summed E-state index contributed by atoms with van der Waals surface area (Å²) in [7, 11) is -3.63. The quantitative estimate of drug-likeness (QED) is 0.659.